The Bertz CT molecular complexity index is 328. The van der Waals surface area contributed by atoms with Crippen molar-refractivity contribution in [3.05, 3.63) is 17.7 Å². The molecule has 1 aromatic heterocycles. The third kappa shape index (κ3) is 5.21. The zero-order valence-corrected chi connectivity index (χ0v) is 12.3. The van der Waals surface area contributed by atoms with Gasteiger partial charge in [-0.1, -0.05) is 45.4 Å². The molecule has 1 aromatic rings. The molecule has 0 spiro atoms. The van der Waals surface area contributed by atoms with Gasteiger partial charge in [-0.3, -0.25) is 0 Å². The van der Waals surface area contributed by atoms with Gasteiger partial charge in [0.2, 0.25) is 0 Å². The Labute approximate surface area is 112 Å². The Hall–Kier alpha value is -0.830. The standard InChI is InChI=1S/C15H29N3/c1-4-5-6-7-8-9-10-11-18-12-15(13(2)16)17-14(18)3/h12-13H,4-11,16H2,1-3H3. The van der Waals surface area contributed by atoms with E-state index in [-0.39, 0.29) is 6.04 Å². The number of hydrogen-bond acceptors (Lipinski definition) is 2. The molecule has 2 N–H and O–H groups in total. The molecule has 1 rings (SSSR count). The second-order valence-corrected chi connectivity index (χ2v) is 5.32. The molecule has 0 amide bonds. The van der Waals surface area contributed by atoms with Crippen molar-refractivity contribution in [2.75, 3.05) is 0 Å². The summed E-state index contributed by atoms with van der Waals surface area (Å²) in [5.41, 5.74) is 6.85. The minimum atomic E-state index is 0.0407. The molecule has 1 atom stereocenters. The number of aryl methyl sites for hydroxylation is 2. The normalized spacial score (nSPS) is 12.9. The Kier molecular flexibility index (Phi) is 7.02. The zero-order valence-electron chi connectivity index (χ0n) is 12.3. The van der Waals surface area contributed by atoms with Gasteiger partial charge in [0.25, 0.3) is 0 Å². The maximum atomic E-state index is 5.84. The van der Waals surface area contributed by atoms with Crippen LogP contribution in [0.1, 0.15) is 76.4 Å². The van der Waals surface area contributed by atoms with Crippen molar-refractivity contribution in [3.63, 3.8) is 0 Å². The lowest BCUT2D eigenvalue weighted by Gasteiger charge is -2.04. The molecule has 3 heteroatoms. The van der Waals surface area contributed by atoms with Crippen LogP contribution in [0.2, 0.25) is 0 Å². The fraction of sp³-hybridized carbons (Fsp3) is 0.800. The molecule has 0 aliphatic heterocycles. The average molecular weight is 251 g/mol. The van der Waals surface area contributed by atoms with E-state index in [1.54, 1.807) is 0 Å². The Morgan fingerprint density at radius 2 is 1.78 bits per heavy atom. The molecule has 0 aliphatic rings. The molecule has 18 heavy (non-hydrogen) atoms. The third-order valence-electron chi connectivity index (χ3n) is 3.46. The van der Waals surface area contributed by atoms with Crippen LogP contribution in [0.15, 0.2) is 6.20 Å². The summed E-state index contributed by atoms with van der Waals surface area (Å²) >= 11 is 0. The van der Waals surface area contributed by atoms with Gasteiger partial charge in [0.15, 0.2) is 0 Å². The van der Waals surface area contributed by atoms with E-state index in [2.05, 4.69) is 29.6 Å². The number of hydrogen-bond donors (Lipinski definition) is 1. The Morgan fingerprint density at radius 3 is 2.33 bits per heavy atom. The van der Waals surface area contributed by atoms with Crippen molar-refractivity contribution in [1.29, 1.82) is 0 Å². The van der Waals surface area contributed by atoms with Gasteiger partial charge in [-0.2, -0.15) is 0 Å². The monoisotopic (exact) mass is 251 g/mol. The zero-order chi connectivity index (χ0) is 13.4. The fourth-order valence-corrected chi connectivity index (χ4v) is 2.22. The summed E-state index contributed by atoms with van der Waals surface area (Å²) in [4.78, 5) is 4.49. The van der Waals surface area contributed by atoms with Crippen LogP contribution in [0, 0.1) is 6.92 Å². The van der Waals surface area contributed by atoms with E-state index in [1.165, 1.54) is 44.9 Å². The first-order valence-electron chi connectivity index (χ1n) is 7.44. The van der Waals surface area contributed by atoms with Crippen LogP contribution in [0.5, 0.6) is 0 Å². The van der Waals surface area contributed by atoms with Gasteiger partial charge in [0.05, 0.1) is 5.69 Å². The molecule has 0 fully saturated rings. The Balaban J connectivity index is 2.19. The van der Waals surface area contributed by atoms with Gasteiger partial charge in [0, 0.05) is 18.8 Å². The van der Waals surface area contributed by atoms with Crippen LogP contribution >= 0.6 is 0 Å². The van der Waals surface area contributed by atoms with E-state index >= 15 is 0 Å². The van der Waals surface area contributed by atoms with E-state index in [1.807, 2.05) is 6.92 Å². The summed E-state index contributed by atoms with van der Waals surface area (Å²) in [7, 11) is 0. The molecule has 1 unspecified atom stereocenters. The summed E-state index contributed by atoms with van der Waals surface area (Å²) in [5, 5.41) is 0. The summed E-state index contributed by atoms with van der Waals surface area (Å²) in [6.45, 7) is 7.39. The number of rotatable bonds is 9. The highest BCUT2D eigenvalue weighted by Crippen LogP contribution is 2.12. The van der Waals surface area contributed by atoms with Gasteiger partial charge in [-0.05, 0) is 20.3 Å². The lowest BCUT2D eigenvalue weighted by molar-refractivity contribution is 0.544. The summed E-state index contributed by atoms with van der Waals surface area (Å²) in [5.74, 6) is 1.09. The molecule has 104 valence electrons. The molecule has 0 bridgehead atoms. The number of unbranched alkanes of at least 4 members (excludes halogenated alkanes) is 6. The van der Waals surface area contributed by atoms with Crippen molar-refractivity contribution in [2.45, 2.75) is 78.3 Å². The van der Waals surface area contributed by atoms with Crippen molar-refractivity contribution < 1.29 is 0 Å². The van der Waals surface area contributed by atoms with Crippen LogP contribution in [0.4, 0.5) is 0 Å². The van der Waals surface area contributed by atoms with Crippen molar-refractivity contribution in [1.82, 2.24) is 9.55 Å². The molecular weight excluding hydrogens is 222 g/mol. The van der Waals surface area contributed by atoms with Crippen LogP contribution < -0.4 is 5.73 Å². The smallest absolute Gasteiger partial charge is 0.105 e. The van der Waals surface area contributed by atoms with Crippen LogP contribution in [-0.4, -0.2) is 9.55 Å². The summed E-state index contributed by atoms with van der Waals surface area (Å²) < 4.78 is 2.24. The third-order valence-corrected chi connectivity index (χ3v) is 3.46. The minimum absolute atomic E-state index is 0.0407. The van der Waals surface area contributed by atoms with E-state index in [0.29, 0.717) is 0 Å². The van der Waals surface area contributed by atoms with Crippen molar-refractivity contribution in [3.8, 4) is 0 Å². The topological polar surface area (TPSA) is 43.8 Å². The molecule has 0 radical (unpaired) electrons. The van der Waals surface area contributed by atoms with Crippen LogP contribution in [0.3, 0.4) is 0 Å². The SMILES string of the molecule is CCCCCCCCCn1cc(C(C)N)nc1C. The molecule has 3 nitrogen and oxygen atoms in total. The molecule has 0 saturated heterocycles. The molecule has 0 aliphatic carbocycles. The fourth-order valence-electron chi connectivity index (χ4n) is 2.22. The number of imidazole rings is 1. The molecule has 0 aromatic carbocycles. The van der Waals surface area contributed by atoms with Gasteiger partial charge in [-0.15, -0.1) is 0 Å². The van der Waals surface area contributed by atoms with Gasteiger partial charge >= 0.3 is 0 Å². The lowest BCUT2D eigenvalue weighted by atomic mass is 10.1. The van der Waals surface area contributed by atoms with E-state index < -0.39 is 0 Å². The quantitative estimate of drug-likeness (QED) is 0.675. The second-order valence-electron chi connectivity index (χ2n) is 5.32. The van der Waals surface area contributed by atoms with Crippen molar-refractivity contribution in [2.24, 2.45) is 5.73 Å². The number of aromatic nitrogens is 2. The predicted octanol–water partition coefficient (Wildman–Crippen LogP) is 3.96. The molecular formula is C15H29N3. The summed E-state index contributed by atoms with van der Waals surface area (Å²) in [6, 6.07) is 0.0407. The first-order chi connectivity index (χ1) is 8.65. The predicted molar refractivity (Wildman–Crippen MR) is 77.6 cm³/mol. The maximum absolute atomic E-state index is 5.84. The van der Waals surface area contributed by atoms with Gasteiger partial charge in [0.1, 0.15) is 5.82 Å². The maximum Gasteiger partial charge on any atom is 0.105 e. The first kappa shape index (κ1) is 15.2. The van der Waals surface area contributed by atoms with Gasteiger partial charge < -0.3 is 10.3 Å². The first-order valence-corrected chi connectivity index (χ1v) is 7.44. The lowest BCUT2D eigenvalue weighted by Crippen LogP contribution is -2.05. The highest BCUT2D eigenvalue weighted by molar-refractivity contribution is 5.06. The highest BCUT2D eigenvalue weighted by Gasteiger charge is 2.06. The van der Waals surface area contributed by atoms with E-state index in [4.69, 9.17) is 5.73 Å². The van der Waals surface area contributed by atoms with Crippen LogP contribution in [-0.2, 0) is 6.54 Å². The number of nitrogens with two attached hydrogens (primary N) is 1. The van der Waals surface area contributed by atoms with Crippen molar-refractivity contribution >= 4 is 0 Å². The number of nitrogens with zero attached hydrogens (tertiary/aromatic N) is 2. The second kappa shape index (κ2) is 8.30. The Morgan fingerprint density at radius 1 is 1.17 bits per heavy atom. The van der Waals surface area contributed by atoms with Gasteiger partial charge in [-0.25, -0.2) is 4.98 Å². The van der Waals surface area contributed by atoms with E-state index in [9.17, 15) is 0 Å². The van der Waals surface area contributed by atoms with Crippen LogP contribution in [0.25, 0.3) is 0 Å². The van der Waals surface area contributed by atoms with E-state index in [0.717, 1.165) is 18.1 Å². The largest absolute Gasteiger partial charge is 0.335 e. The summed E-state index contributed by atoms with van der Waals surface area (Å²) in [6.07, 6.45) is 11.6. The average Bonchev–Trinajstić information content (AvgIpc) is 2.70. The highest BCUT2D eigenvalue weighted by atomic mass is 15.1. The molecule has 0 saturated carbocycles. The minimum Gasteiger partial charge on any atom is -0.335 e. The molecule has 1 heterocycles.